The van der Waals surface area contributed by atoms with E-state index in [1.165, 1.54) is 109 Å². The maximum Gasteiger partial charge on any atom is 0.378 e. The van der Waals surface area contributed by atoms with E-state index >= 15 is 0 Å². The molecule has 0 amide bonds. The van der Waals surface area contributed by atoms with E-state index in [4.69, 9.17) is 42.8 Å². The molecule has 0 aromatic heterocycles. The van der Waals surface area contributed by atoms with Crippen LogP contribution in [0.3, 0.4) is 0 Å². The molecule has 70 heavy (non-hydrogen) atoms. The number of phosphoric ester groups is 2. The van der Waals surface area contributed by atoms with Crippen molar-refractivity contribution in [3.8, 4) is 0 Å². The Morgan fingerprint density at radius 3 is 1.53 bits per heavy atom. The van der Waals surface area contributed by atoms with Crippen molar-refractivity contribution in [2.24, 2.45) is 5.73 Å². The number of hydrogen-bond donors (Lipinski definition) is 6. The van der Waals surface area contributed by atoms with E-state index in [2.05, 4.69) is 13.8 Å². The quantitative estimate of drug-likeness (QED) is 0.0121. The van der Waals surface area contributed by atoms with Crippen LogP contribution in [0.2, 0.25) is 0 Å². The van der Waals surface area contributed by atoms with Gasteiger partial charge in [0.2, 0.25) is 0 Å². The average molecular weight is 1050 g/mol. The normalized spacial score (nSPS) is 21.7. The number of carbonyl (C=O) groups is 2. The Balaban J connectivity index is 2.73. The van der Waals surface area contributed by atoms with Gasteiger partial charge in [0.1, 0.15) is 57.4 Å². The van der Waals surface area contributed by atoms with E-state index in [1.807, 2.05) is 21.1 Å². The molecule has 1 fully saturated rings. The van der Waals surface area contributed by atoms with E-state index in [1.54, 1.807) is 0 Å². The Kier molecular flexibility index (Phi) is 37.2. The lowest BCUT2D eigenvalue weighted by atomic mass is 9.99. The lowest BCUT2D eigenvalue weighted by molar-refractivity contribution is -0.870. The van der Waals surface area contributed by atoms with Gasteiger partial charge < -0.3 is 48.5 Å². The molecule has 1 heterocycles. The molecule has 1 saturated heterocycles. The Hall–Kier alpha value is -0.800. The van der Waals surface area contributed by atoms with Gasteiger partial charge in [-0.15, -0.1) is 0 Å². The molecule has 0 aliphatic carbocycles. The summed E-state index contributed by atoms with van der Waals surface area (Å²) in [5.41, 5.74) is 3.75. The van der Waals surface area contributed by atoms with Crippen LogP contribution in [0.15, 0.2) is 0 Å². The number of aliphatic hydroxyl groups is 3. The number of quaternary nitrogens is 1. The Bertz CT molecular complexity index is 1320. The van der Waals surface area contributed by atoms with Gasteiger partial charge in [-0.1, -0.05) is 168 Å². The highest BCUT2D eigenvalue weighted by atomic mass is 31.2. The van der Waals surface area contributed by atoms with Gasteiger partial charge in [-0.2, -0.15) is 27.9 Å². The number of likely N-dealkylation sites (N-methyl/N-ethyl adjacent to an activating group) is 1. The highest BCUT2D eigenvalue weighted by Crippen LogP contribution is 2.53. The smallest absolute Gasteiger partial charge is 0.378 e. The monoisotopic (exact) mass is 1050 g/mol. The number of nitrogens with two attached hydrogens (primary N) is 1. The van der Waals surface area contributed by atoms with Gasteiger partial charge in [-0.25, -0.2) is 0 Å². The molecule has 1 aliphatic rings. The van der Waals surface area contributed by atoms with Gasteiger partial charge in [0.25, 0.3) is 0 Å². The fourth-order valence-corrected chi connectivity index (χ4v) is 9.52. The number of hydrogen-bond acceptors (Lipinski definition) is 18. The molecule has 0 spiro atoms. The van der Waals surface area contributed by atoms with Crippen LogP contribution >= 0.6 is 16.3 Å². The second-order valence-corrected chi connectivity index (χ2v) is 23.2. The molecule has 416 valence electrons. The molecule has 3 unspecified atom stereocenters. The third kappa shape index (κ3) is 36.2. The Morgan fingerprint density at radius 2 is 1.07 bits per heavy atom. The second-order valence-electron chi connectivity index (χ2n) is 20.4. The number of unbranched alkanes of at least 4 members (excludes halogenated alkanes) is 24. The van der Waals surface area contributed by atoms with Crippen molar-refractivity contribution in [2.45, 2.75) is 243 Å². The summed E-state index contributed by atoms with van der Waals surface area (Å²) in [6.07, 6.45) is 20.6. The highest BCUT2D eigenvalue weighted by Gasteiger charge is 2.48. The molecule has 1 aliphatic heterocycles. The van der Waals surface area contributed by atoms with E-state index in [0.717, 1.165) is 51.9 Å². The van der Waals surface area contributed by atoms with E-state index in [-0.39, 0.29) is 26.1 Å². The number of aliphatic hydroxyl groups excluding tert-OH is 3. The summed E-state index contributed by atoms with van der Waals surface area (Å²) in [5.74, 6) is -0.989. The first-order valence-electron chi connectivity index (χ1n) is 26.7. The predicted octanol–water partition coefficient (Wildman–Crippen LogP) is 6.74. The number of ether oxygens (including phenoxy) is 4. The Morgan fingerprint density at radius 1 is 0.629 bits per heavy atom. The summed E-state index contributed by atoms with van der Waals surface area (Å²) >= 11 is 0. The van der Waals surface area contributed by atoms with Gasteiger partial charge in [0, 0.05) is 12.8 Å². The molecule has 0 saturated carbocycles. The van der Waals surface area contributed by atoms with Crippen LogP contribution in [0, 0.1) is 0 Å². The molecule has 7 N–H and O–H groups in total. The maximum atomic E-state index is 13.0. The Labute approximate surface area is 422 Å². The molecule has 1 rings (SSSR count). The number of carbonyl (C=O) groups excluding carboxylic acids is 2. The van der Waals surface area contributed by atoms with Crippen LogP contribution < -0.4 is 15.5 Å². The molecule has 19 nitrogen and oxygen atoms in total. The zero-order chi connectivity index (χ0) is 52.3. The molecule has 0 aromatic rings. The molecular weight excluding hydrogens is 950 g/mol. The second kappa shape index (κ2) is 38.7. The minimum atomic E-state index is -5.10. The van der Waals surface area contributed by atoms with Gasteiger partial charge in [-0.3, -0.25) is 15.3 Å². The minimum absolute atomic E-state index is 0.131. The van der Waals surface area contributed by atoms with Crippen LogP contribution in [0.25, 0.3) is 0 Å². The van der Waals surface area contributed by atoms with E-state index < -0.39 is 90.6 Å². The van der Waals surface area contributed by atoms with Crippen molar-refractivity contribution in [1.29, 1.82) is 0 Å². The first kappa shape index (κ1) is 67.2. The topological polar surface area (TPSA) is 281 Å². The van der Waals surface area contributed by atoms with Crippen LogP contribution in [-0.4, -0.2) is 145 Å². The minimum Gasteiger partial charge on any atom is -0.606 e. The number of nitrogens with zero attached hydrogens (tertiary/aromatic N) is 1. The first-order chi connectivity index (χ1) is 33.1. The summed E-state index contributed by atoms with van der Waals surface area (Å²) in [5, 5.41) is 32.1. The van der Waals surface area contributed by atoms with E-state index in [9.17, 15) is 44.5 Å². The van der Waals surface area contributed by atoms with Gasteiger partial charge in [0.15, 0.2) is 18.1 Å². The molecule has 0 bridgehead atoms. The zero-order valence-electron chi connectivity index (χ0n) is 44.1. The lowest BCUT2D eigenvalue weighted by Gasteiger charge is -2.40. The first-order valence-corrected chi connectivity index (χ1v) is 29.6. The largest absolute Gasteiger partial charge is 0.606 e. The fourth-order valence-electron chi connectivity index (χ4n) is 7.75. The van der Waals surface area contributed by atoms with Crippen molar-refractivity contribution in [1.82, 2.24) is 0 Å². The van der Waals surface area contributed by atoms with E-state index in [0.29, 0.717) is 23.9 Å². The molecule has 21 heteroatoms. The predicted molar refractivity (Wildman–Crippen MR) is 267 cm³/mol. The van der Waals surface area contributed by atoms with Crippen molar-refractivity contribution in [3.05, 3.63) is 0 Å². The number of phosphoric acid groups is 2. The fraction of sp³-hybridized carbons (Fsp3) is 0.959. The molecular formula is C49H99N2O17P2+. The summed E-state index contributed by atoms with van der Waals surface area (Å²) in [6, 6.07) is 0. The lowest BCUT2D eigenvalue weighted by Crippen LogP contribution is -2.59. The summed E-state index contributed by atoms with van der Waals surface area (Å²) in [4.78, 5) is 71.4. The van der Waals surface area contributed by atoms with Crippen LogP contribution in [0.5, 0.6) is 0 Å². The third-order valence-electron chi connectivity index (χ3n) is 12.1. The molecule has 0 aromatic carbocycles. The maximum absolute atomic E-state index is 13.0. The highest BCUT2D eigenvalue weighted by molar-refractivity contribution is 7.53. The van der Waals surface area contributed by atoms with Crippen LogP contribution in [0.1, 0.15) is 201 Å². The van der Waals surface area contributed by atoms with Gasteiger partial charge in [0.05, 0.1) is 27.7 Å². The standard InChI is InChI=1S/C49H98N2O17P2/c1-7-9-11-13-15-17-19-21-23-25-27-29-31-33-43(52)61-37-41(66-44(53)34-32-30-28-26-24-22-20-18-16-14-12-10-8-2)38-62-48-47(56)46(55)45(54)42(67-48)39-64-70(59,60)68-49(3,50)40-65-69(57,58)63-36-35-51(4,5)6/h41-42,45-48,54-56H,7-40,50H2,1-6H3,(H-,57,58,59,60)/p+1/t41-,42+,45+,46-,47+,48-,49?/m0/s1. The zero-order valence-corrected chi connectivity index (χ0v) is 45.8. The number of esters is 2. The summed E-state index contributed by atoms with van der Waals surface area (Å²) < 4.78 is 42.7. The van der Waals surface area contributed by atoms with Crippen LogP contribution in [0.4, 0.5) is 0 Å². The summed E-state index contributed by atoms with van der Waals surface area (Å²) in [6.45, 7) is 3.22. The van der Waals surface area contributed by atoms with Crippen molar-refractivity contribution in [3.63, 3.8) is 0 Å². The van der Waals surface area contributed by atoms with Gasteiger partial charge in [-0.05, 0) is 19.8 Å². The molecule has 9 atom stereocenters. The van der Waals surface area contributed by atoms with Crippen molar-refractivity contribution >= 4 is 28.3 Å². The van der Waals surface area contributed by atoms with Crippen molar-refractivity contribution < 1.29 is 86.0 Å². The van der Waals surface area contributed by atoms with Crippen molar-refractivity contribution in [2.75, 3.05) is 60.7 Å². The van der Waals surface area contributed by atoms with Crippen LogP contribution in [-0.2, 0) is 46.6 Å². The van der Waals surface area contributed by atoms with Gasteiger partial charge >= 0.3 is 28.3 Å². The SMILES string of the molecule is CCCCCCCCCCCCCCCC(=O)OC[C@@H](CO[C@H]1O[C@H](CO[P+]([O-])(O)OC(C)(N)CO[P+]([O-])(O)OCC[N+](C)(C)C)[C@@H](O)[C@H](O)[C@H]1O)OC(=O)CCCCCCCCCCCCCCC. The number of rotatable bonds is 46. The average Bonchev–Trinajstić information content (AvgIpc) is 3.28. The third-order valence-corrected chi connectivity index (χ3v) is 14.2. The summed E-state index contributed by atoms with van der Waals surface area (Å²) in [7, 11) is -4.18. The molecule has 0 radical (unpaired) electrons.